The molecule has 0 aromatic carbocycles. The van der Waals surface area contributed by atoms with Gasteiger partial charge >= 0.3 is 0 Å². The van der Waals surface area contributed by atoms with E-state index in [1.54, 1.807) is 0 Å². The molecule has 1 aliphatic rings. The summed E-state index contributed by atoms with van der Waals surface area (Å²) in [6.07, 6.45) is 1.13. The average Bonchev–Trinajstić information content (AvgIpc) is 2.55. The third-order valence-corrected chi connectivity index (χ3v) is 2.10. The van der Waals surface area contributed by atoms with Crippen LogP contribution in [0.15, 0.2) is 6.07 Å². The molecule has 3 nitrogen and oxygen atoms in total. The highest BCUT2D eigenvalue weighted by Crippen LogP contribution is 2.23. The minimum absolute atomic E-state index is 0.552. The van der Waals surface area contributed by atoms with E-state index in [1.807, 2.05) is 6.92 Å². The Morgan fingerprint density at radius 2 is 2.64 bits per heavy atom. The first-order chi connectivity index (χ1) is 5.36. The standard InChI is InChI=1S/C8H12N2O/c1-6-4-8(10-9-6)7-2-3-11-5-7/h4,7H,2-3,5H2,1H3,(H,9,10). The van der Waals surface area contributed by atoms with Crippen molar-refractivity contribution in [2.75, 3.05) is 13.2 Å². The molecule has 2 heterocycles. The Morgan fingerprint density at radius 3 is 3.18 bits per heavy atom. The van der Waals surface area contributed by atoms with Gasteiger partial charge in [0.05, 0.1) is 12.3 Å². The molecule has 1 aromatic heterocycles. The molecule has 1 aliphatic heterocycles. The minimum atomic E-state index is 0.552. The summed E-state index contributed by atoms with van der Waals surface area (Å²) in [6, 6.07) is 2.10. The third-order valence-electron chi connectivity index (χ3n) is 2.10. The van der Waals surface area contributed by atoms with Crippen LogP contribution in [0, 0.1) is 6.92 Å². The van der Waals surface area contributed by atoms with Gasteiger partial charge in [-0.2, -0.15) is 5.10 Å². The number of rotatable bonds is 1. The largest absolute Gasteiger partial charge is 0.381 e. The van der Waals surface area contributed by atoms with Crippen molar-refractivity contribution < 1.29 is 4.74 Å². The Kier molecular flexibility index (Phi) is 1.66. The molecule has 0 amide bonds. The zero-order valence-electron chi connectivity index (χ0n) is 6.63. The second kappa shape index (κ2) is 2.66. The van der Waals surface area contributed by atoms with E-state index >= 15 is 0 Å². The van der Waals surface area contributed by atoms with E-state index in [4.69, 9.17) is 4.74 Å². The van der Waals surface area contributed by atoms with E-state index in [-0.39, 0.29) is 0 Å². The van der Waals surface area contributed by atoms with Crippen LogP contribution >= 0.6 is 0 Å². The van der Waals surface area contributed by atoms with Gasteiger partial charge in [0.25, 0.3) is 0 Å². The quantitative estimate of drug-likeness (QED) is 0.657. The topological polar surface area (TPSA) is 37.9 Å². The monoisotopic (exact) mass is 152 g/mol. The molecule has 0 aliphatic carbocycles. The number of H-pyrrole nitrogens is 1. The maximum atomic E-state index is 5.27. The average molecular weight is 152 g/mol. The van der Waals surface area contributed by atoms with Crippen molar-refractivity contribution in [2.45, 2.75) is 19.3 Å². The maximum Gasteiger partial charge on any atom is 0.0594 e. The highest BCUT2D eigenvalue weighted by atomic mass is 16.5. The van der Waals surface area contributed by atoms with Gasteiger partial charge in [-0.3, -0.25) is 5.10 Å². The number of aromatic nitrogens is 2. The molecule has 0 saturated carbocycles. The Labute approximate surface area is 65.8 Å². The number of nitrogens with zero attached hydrogens (tertiary/aromatic N) is 1. The van der Waals surface area contributed by atoms with Crippen molar-refractivity contribution in [1.29, 1.82) is 0 Å². The van der Waals surface area contributed by atoms with E-state index < -0.39 is 0 Å². The first kappa shape index (κ1) is 6.85. The molecule has 1 N–H and O–H groups in total. The molecule has 0 bridgehead atoms. The lowest BCUT2D eigenvalue weighted by Gasteiger charge is -2.01. The van der Waals surface area contributed by atoms with Gasteiger partial charge in [-0.25, -0.2) is 0 Å². The number of hydrogen-bond acceptors (Lipinski definition) is 2. The second-order valence-electron chi connectivity index (χ2n) is 3.03. The highest BCUT2D eigenvalue weighted by Gasteiger charge is 2.18. The van der Waals surface area contributed by atoms with Crippen molar-refractivity contribution >= 4 is 0 Å². The van der Waals surface area contributed by atoms with Gasteiger partial charge in [0, 0.05) is 18.2 Å². The fourth-order valence-electron chi connectivity index (χ4n) is 1.43. The van der Waals surface area contributed by atoms with Gasteiger partial charge < -0.3 is 4.74 Å². The van der Waals surface area contributed by atoms with Gasteiger partial charge in [0.15, 0.2) is 0 Å². The zero-order chi connectivity index (χ0) is 7.68. The first-order valence-corrected chi connectivity index (χ1v) is 3.96. The Balaban J connectivity index is 2.15. The number of aromatic amines is 1. The molecule has 60 valence electrons. The van der Waals surface area contributed by atoms with Crippen LogP contribution in [-0.2, 0) is 4.74 Å². The molecule has 3 heteroatoms. The summed E-state index contributed by atoms with van der Waals surface area (Å²) < 4.78 is 5.27. The molecule has 1 atom stereocenters. The molecule has 2 rings (SSSR count). The van der Waals surface area contributed by atoms with Crippen LogP contribution in [0.3, 0.4) is 0 Å². The van der Waals surface area contributed by atoms with Crippen LogP contribution in [0.5, 0.6) is 0 Å². The molecular weight excluding hydrogens is 140 g/mol. The SMILES string of the molecule is Cc1cc(C2CCOC2)[nH]n1. The van der Waals surface area contributed by atoms with Crippen molar-refractivity contribution in [3.05, 3.63) is 17.5 Å². The van der Waals surface area contributed by atoms with Gasteiger partial charge in [0.2, 0.25) is 0 Å². The molecule has 0 radical (unpaired) electrons. The summed E-state index contributed by atoms with van der Waals surface area (Å²) in [4.78, 5) is 0. The van der Waals surface area contributed by atoms with E-state index in [2.05, 4.69) is 16.3 Å². The Hall–Kier alpha value is -0.830. The lowest BCUT2D eigenvalue weighted by molar-refractivity contribution is 0.193. The molecule has 1 saturated heterocycles. The number of aryl methyl sites for hydroxylation is 1. The van der Waals surface area contributed by atoms with Crippen molar-refractivity contribution in [3.63, 3.8) is 0 Å². The van der Waals surface area contributed by atoms with E-state index in [0.717, 1.165) is 25.3 Å². The lowest BCUT2D eigenvalue weighted by atomic mass is 10.1. The van der Waals surface area contributed by atoms with Gasteiger partial charge in [-0.15, -0.1) is 0 Å². The van der Waals surface area contributed by atoms with Crippen LogP contribution < -0.4 is 0 Å². The molecule has 0 spiro atoms. The zero-order valence-corrected chi connectivity index (χ0v) is 6.63. The van der Waals surface area contributed by atoms with E-state index in [0.29, 0.717) is 5.92 Å². The van der Waals surface area contributed by atoms with Gasteiger partial charge in [-0.1, -0.05) is 0 Å². The summed E-state index contributed by atoms with van der Waals surface area (Å²) in [7, 11) is 0. The van der Waals surface area contributed by atoms with E-state index in [9.17, 15) is 0 Å². The van der Waals surface area contributed by atoms with Crippen molar-refractivity contribution in [3.8, 4) is 0 Å². The predicted molar refractivity (Wildman–Crippen MR) is 41.5 cm³/mol. The van der Waals surface area contributed by atoms with Crippen LogP contribution in [0.1, 0.15) is 23.7 Å². The highest BCUT2D eigenvalue weighted by molar-refractivity contribution is 5.12. The number of hydrogen-bond donors (Lipinski definition) is 1. The molecular formula is C8H12N2O. The van der Waals surface area contributed by atoms with E-state index in [1.165, 1.54) is 5.69 Å². The summed E-state index contributed by atoms with van der Waals surface area (Å²) in [5, 5.41) is 7.10. The second-order valence-corrected chi connectivity index (χ2v) is 3.03. The van der Waals surface area contributed by atoms with Crippen LogP contribution in [0.2, 0.25) is 0 Å². The van der Waals surface area contributed by atoms with Crippen LogP contribution in [-0.4, -0.2) is 23.4 Å². The summed E-state index contributed by atoms with van der Waals surface area (Å²) in [5.74, 6) is 0.552. The number of nitrogens with one attached hydrogen (secondary N) is 1. The Morgan fingerprint density at radius 1 is 1.73 bits per heavy atom. The number of ether oxygens (including phenoxy) is 1. The summed E-state index contributed by atoms with van der Waals surface area (Å²) in [5.41, 5.74) is 2.28. The summed E-state index contributed by atoms with van der Waals surface area (Å²) in [6.45, 7) is 3.74. The molecule has 11 heavy (non-hydrogen) atoms. The fraction of sp³-hybridized carbons (Fsp3) is 0.625. The van der Waals surface area contributed by atoms with Crippen LogP contribution in [0.4, 0.5) is 0 Å². The fourth-order valence-corrected chi connectivity index (χ4v) is 1.43. The molecule has 1 aromatic rings. The van der Waals surface area contributed by atoms with Gasteiger partial charge in [0.1, 0.15) is 0 Å². The first-order valence-electron chi connectivity index (χ1n) is 3.96. The van der Waals surface area contributed by atoms with Crippen molar-refractivity contribution in [2.24, 2.45) is 0 Å². The van der Waals surface area contributed by atoms with Crippen molar-refractivity contribution in [1.82, 2.24) is 10.2 Å². The summed E-state index contributed by atoms with van der Waals surface area (Å²) >= 11 is 0. The third kappa shape index (κ3) is 1.28. The Bertz CT molecular complexity index is 238. The molecule has 1 fully saturated rings. The lowest BCUT2D eigenvalue weighted by Crippen LogP contribution is -1.97. The molecule has 1 unspecified atom stereocenters. The van der Waals surface area contributed by atoms with Crippen LogP contribution in [0.25, 0.3) is 0 Å². The predicted octanol–water partition coefficient (Wildman–Crippen LogP) is 1.22. The normalized spacial score (nSPS) is 24.3. The smallest absolute Gasteiger partial charge is 0.0594 e. The minimum Gasteiger partial charge on any atom is -0.381 e. The van der Waals surface area contributed by atoms with Gasteiger partial charge in [-0.05, 0) is 19.4 Å². The maximum absolute atomic E-state index is 5.27.